The molecule has 0 aromatic carbocycles. The zero-order chi connectivity index (χ0) is 9.82. The van der Waals surface area contributed by atoms with Crippen molar-refractivity contribution in [1.29, 1.82) is 22.1 Å². The van der Waals surface area contributed by atoms with E-state index in [4.69, 9.17) is 22.1 Å². The van der Waals surface area contributed by atoms with E-state index in [0.29, 0.717) is 0 Å². The molecule has 0 radical (unpaired) electrons. The zero-order valence-electron chi connectivity index (χ0n) is 6.40. The molecular formula is C4H9N7O+2. The van der Waals surface area contributed by atoms with E-state index in [2.05, 4.69) is 9.68 Å². The van der Waals surface area contributed by atoms with Crippen LogP contribution in [0.4, 0.5) is 0 Å². The molecule has 12 heavy (non-hydrogen) atoms. The third-order valence-corrected chi connectivity index (χ3v) is 0.567. The van der Waals surface area contributed by atoms with Crippen LogP contribution in [-0.4, -0.2) is 5.16 Å². The zero-order valence-corrected chi connectivity index (χ0v) is 6.40. The predicted molar refractivity (Wildman–Crippen MR) is 36.4 cm³/mol. The summed E-state index contributed by atoms with van der Waals surface area (Å²) in [6.45, 7) is 1.85. The summed E-state index contributed by atoms with van der Waals surface area (Å²) in [5.74, 6) is 0.856. The summed E-state index contributed by atoms with van der Waals surface area (Å²) < 4.78 is 4.58. The Kier molecular flexibility index (Phi) is 12.1. The number of aromatic nitrogens is 1. The second-order valence-electron chi connectivity index (χ2n) is 1.35. The molecule has 0 amide bonds. The number of aryl methyl sites for hydroxylation is 1. The summed E-state index contributed by atoms with van der Waals surface area (Å²) in [6, 6.07) is 1.81. The van der Waals surface area contributed by atoms with Crippen molar-refractivity contribution < 1.29 is 4.52 Å². The second-order valence-corrected chi connectivity index (χ2v) is 1.35. The van der Waals surface area contributed by atoms with Gasteiger partial charge in [0.2, 0.25) is 9.82 Å². The van der Waals surface area contributed by atoms with Crippen LogP contribution in [0.5, 0.6) is 0 Å². The maximum absolute atomic E-state index is 5.50. The largest absolute Gasteiger partial charge is 0.362 e. The van der Waals surface area contributed by atoms with E-state index in [1.54, 1.807) is 12.3 Å². The molecule has 0 fully saturated rings. The summed E-state index contributed by atoms with van der Waals surface area (Å²) in [4.78, 5) is 4.00. The number of nitrogens with one attached hydrogen (secondary N) is 4. The van der Waals surface area contributed by atoms with Crippen LogP contribution in [0.2, 0.25) is 0 Å². The van der Waals surface area contributed by atoms with Gasteiger partial charge >= 0.3 is 0 Å². The number of hydrogen-bond acceptors (Lipinski definition) is 6. The Bertz CT molecular complexity index is 228. The minimum atomic E-state index is 0.856. The molecule has 0 aliphatic carbocycles. The Morgan fingerprint density at radius 1 is 1.25 bits per heavy atom. The SMILES string of the molecule is Cc1ccno1.N=[N+]=N.N=[N+]=N. The molecule has 8 nitrogen and oxygen atoms in total. The lowest BCUT2D eigenvalue weighted by Crippen LogP contribution is -1.50. The minimum Gasteiger partial charge on any atom is -0.362 e. The molecule has 0 bridgehead atoms. The standard InChI is InChI=1S/C4H5NO.2H2N3/c1-4-2-3-5-6-4;2*1-3-2/h2-3H,1H3;2*1-2H/q;2*+1. The summed E-state index contributed by atoms with van der Waals surface area (Å²) >= 11 is 0. The monoisotopic (exact) mass is 171 g/mol. The van der Waals surface area contributed by atoms with Gasteiger partial charge in [0.15, 0.2) is 0 Å². The Balaban J connectivity index is 0. The molecule has 0 atom stereocenters. The van der Waals surface area contributed by atoms with Crippen molar-refractivity contribution in [2.75, 3.05) is 0 Å². The van der Waals surface area contributed by atoms with Gasteiger partial charge in [-0.1, -0.05) is 5.16 Å². The van der Waals surface area contributed by atoms with Crippen molar-refractivity contribution >= 4 is 0 Å². The lowest BCUT2D eigenvalue weighted by Gasteiger charge is -1.65. The molecular weight excluding hydrogens is 162 g/mol. The van der Waals surface area contributed by atoms with E-state index < -0.39 is 0 Å². The van der Waals surface area contributed by atoms with E-state index >= 15 is 0 Å². The van der Waals surface area contributed by atoms with E-state index in [0.717, 1.165) is 5.76 Å². The minimum absolute atomic E-state index is 0.856. The van der Waals surface area contributed by atoms with Gasteiger partial charge in [-0.2, -0.15) is 0 Å². The third-order valence-electron chi connectivity index (χ3n) is 0.567. The van der Waals surface area contributed by atoms with Gasteiger partial charge in [0.05, 0.1) is 6.20 Å². The summed E-state index contributed by atoms with van der Waals surface area (Å²) in [7, 11) is 0. The van der Waals surface area contributed by atoms with E-state index in [1.807, 2.05) is 16.7 Å². The van der Waals surface area contributed by atoms with E-state index in [9.17, 15) is 0 Å². The Morgan fingerprint density at radius 3 is 1.75 bits per heavy atom. The fraction of sp³-hybridized carbons (Fsp3) is 0.250. The van der Waals surface area contributed by atoms with Crippen LogP contribution in [0.3, 0.4) is 0 Å². The summed E-state index contributed by atoms with van der Waals surface area (Å²) in [5, 5.41) is 3.45. The molecule has 64 valence electrons. The molecule has 1 aromatic rings. The topological polar surface area (TPSA) is 150 Å². The Labute approximate surface area is 67.6 Å². The molecule has 0 aliphatic heterocycles. The van der Waals surface area contributed by atoms with E-state index in [-0.39, 0.29) is 0 Å². The first-order valence-electron chi connectivity index (χ1n) is 2.66. The van der Waals surface area contributed by atoms with Crippen LogP contribution in [0.1, 0.15) is 5.76 Å². The van der Waals surface area contributed by atoms with Gasteiger partial charge in [0.1, 0.15) is 27.9 Å². The van der Waals surface area contributed by atoms with Crippen molar-refractivity contribution in [3.05, 3.63) is 18.0 Å². The van der Waals surface area contributed by atoms with Crippen molar-refractivity contribution in [3.63, 3.8) is 0 Å². The number of rotatable bonds is 0. The third kappa shape index (κ3) is 15.7. The van der Waals surface area contributed by atoms with Crippen LogP contribution >= 0.6 is 0 Å². The van der Waals surface area contributed by atoms with Gasteiger partial charge < -0.3 is 4.52 Å². The van der Waals surface area contributed by atoms with E-state index in [1.165, 1.54) is 0 Å². The average Bonchev–Trinajstić information content (AvgIpc) is 2.43. The molecule has 0 aliphatic rings. The quantitative estimate of drug-likeness (QED) is 0.342. The molecule has 0 saturated heterocycles. The number of nitrogens with zero attached hydrogens (tertiary/aromatic N) is 3. The molecule has 1 rings (SSSR count). The molecule has 4 N–H and O–H groups in total. The lowest BCUT2D eigenvalue weighted by molar-refractivity contribution is 0.397. The highest BCUT2D eigenvalue weighted by Gasteiger charge is 1.78. The van der Waals surface area contributed by atoms with Crippen LogP contribution < -0.4 is 9.82 Å². The highest BCUT2D eigenvalue weighted by atomic mass is 16.5. The molecule has 0 spiro atoms. The van der Waals surface area contributed by atoms with Gasteiger partial charge in [-0.3, -0.25) is 0 Å². The van der Waals surface area contributed by atoms with Gasteiger partial charge in [0.25, 0.3) is 0 Å². The smallest absolute Gasteiger partial charge is 0.211 e. The van der Waals surface area contributed by atoms with Gasteiger partial charge in [-0.05, 0) is 6.92 Å². The maximum atomic E-state index is 5.50. The fourth-order valence-electron chi connectivity index (χ4n) is 0.279. The highest BCUT2D eigenvalue weighted by Crippen LogP contribution is 1.88. The molecule has 1 heterocycles. The Hall–Kier alpha value is -2.17. The van der Waals surface area contributed by atoms with Crippen LogP contribution in [0.25, 0.3) is 0 Å². The normalized spacial score (nSPS) is 5.75. The average molecular weight is 171 g/mol. The first-order chi connectivity index (χ1) is 5.72. The Morgan fingerprint density at radius 2 is 1.67 bits per heavy atom. The van der Waals surface area contributed by atoms with Crippen LogP contribution in [0.15, 0.2) is 16.8 Å². The van der Waals surface area contributed by atoms with Crippen molar-refractivity contribution in [2.24, 2.45) is 0 Å². The summed E-state index contributed by atoms with van der Waals surface area (Å²) in [6.07, 6.45) is 1.62. The van der Waals surface area contributed by atoms with Gasteiger partial charge in [0, 0.05) is 6.07 Å². The predicted octanol–water partition coefficient (Wildman–Crippen LogP) is 1.21. The van der Waals surface area contributed by atoms with Crippen molar-refractivity contribution in [1.82, 2.24) is 15.0 Å². The maximum Gasteiger partial charge on any atom is 0.211 e. The van der Waals surface area contributed by atoms with Crippen LogP contribution in [0, 0.1) is 29.0 Å². The second kappa shape index (κ2) is 11.6. The lowest BCUT2D eigenvalue weighted by atomic mass is 10.5. The first kappa shape index (κ1) is 12.5. The molecule has 0 unspecified atom stereocenters. The van der Waals surface area contributed by atoms with Gasteiger partial charge in [-0.25, -0.2) is 0 Å². The molecule has 0 saturated carbocycles. The highest BCUT2D eigenvalue weighted by molar-refractivity contribution is 4.87. The fourth-order valence-corrected chi connectivity index (χ4v) is 0.279. The molecule has 8 heteroatoms. The van der Waals surface area contributed by atoms with Crippen molar-refractivity contribution in [3.8, 4) is 0 Å². The molecule has 1 aromatic heterocycles. The van der Waals surface area contributed by atoms with Crippen LogP contribution in [-0.2, 0) is 0 Å². The summed E-state index contributed by atoms with van der Waals surface area (Å²) in [5.41, 5.74) is 22.0. The van der Waals surface area contributed by atoms with Crippen molar-refractivity contribution in [2.45, 2.75) is 6.92 Å². The van der Waals surface area contributed by atoms with Gasteiger partial charge in [-0.15, -0.1) is 0 Å². The first-order valence-corrected chi connectivity index (χ1v) is 2.66. The number of hydrogen-bond donors (Lipinski definition) is 4.